The van der Waals surface area contributed by atoms with Crippen LogP contribution in [-0.4, -0.2) is 38.9 Å². The minimum Gasteiger partial charge on any atom is -0.392 e. The molecule has 0 spiro atoms. The van der Waals surface area contributed by atoms with Gasteiger partial charge in [0, 0.05) is 19.7 Å². The lowest BCUT2D eigenvalue weighted by atomic mass is 10.2. The van der Waals surface area contributed by atoms with Crippen molar-refractivity contribution in [1.82, 2.24) is 4.90 Å². The third kappa shape index (κ3) is 3.41. The first-order valence-electron chi connectivity index (χ1n) is 4.83. The standard InChI is InChI=1S/C10H12ClFN2O3S/c1-14(2)6-13-18(16,17)7-3-9(11)8(5-15)10(12)4-7/h3-4,6,15H,5H2,1-2H3/b13-6+. The summed E-state index contributed by atoms with van der Waals surface area (Å²) in [6.07, 6.45) is 1.08. The van der Waals surface area contributed by atoms with E-state index in [1.54, 1.807) is 14.1 Å². The molecule has 18 heavy (non-hydrogen) atoms. The summed E-state index contributed by atoms with van der Waals surface area (Å²) in [7, 11) is -0.806. The molecule has 1 N–H and O–H groups in total. The number of rotatable bonds is 4. The lowest BCUT2D eigenvalue weighted by Crippen LogP contribution is -2.10. The number of sulfonamides is 1. The third-order valence-corrected chi connectivity index (χ3v) is 3.53. The topological polar surface area (TPSA) is 70.0 Å². The average molecular weight is 295 g/mol. The van der Waals surface area contributed by atoms with E-state index < -0.39 is 22.4 Å². The van der Waals surface area contributed by atoms with Crippen LogP contribution >= 0.6 is 11.6 Å². The normalized spacial score (nSPS) is 12.1. The van der Waals surface area contributed by atoms with Gasteiger partial charge < -0.3 is 10.0 Å². The molecule has 1 aromatic rings. The van der Waals surface area contributed by atoms with Crippen LogP contribution in [0.25, 0.3) is 0 Å². The highest BCUT2D eigenvalue weighted by Gasteiger charge is 2.17. The van der Waals surface area contributed by atoms with Crippen molar-refractivity contribution in [2.45, 2.75) is 11.5 Å². The highest BCUT2D eigenvalue weighted by atomic mass is 35.5. The molecular weight excluding hydrogens is 283 g/mol. The van der Waals surface area contributed by atoms with E-state index >= 15 is 0 Å². The highest BCUT2D eigenvalue weighted by molar-refractivity contribution is 7.90. The van der Waals surface area contributed by atoms with Crippen LogP contribution in [0.5, 0.6) is 0 Å². The van der Waals surface area contributed by atoms with E-state index in [2.05, 4.69) is 4.40 Å². The van der Waals surface area contributed by atoms with Gasteiger partial charge in [0.2, 0.25) is 0 Å². The van der Waals surface area contributed by atoms with Crippen LogP contribution in [-0.2, 0) is 16.6 Å². The Morgan fingerprint density at radius 1 is 1.50 bits per heavy atom. The van der Waals surface area contributed by atoms with Crippen LogP contribution in [0.15, 0.2) is 21.4 Å². The molecule has 0 fully saturated rings. The zero-order valence-corrected chi connectivity index (χ0v) is 11.3. The lowest BCUT2D eigenvalue weighted by molar-refractivity contribution is 0.275. The van der Waals surface area contributed by atoms with E-state index in [4.69, 9.17) is 16.7 Å². The fourth-order valence-corrected chi connectivity index (χ4v) is 2.38. The SMILES string of the molecule is CN(C)/C=N/S(=O)(=O)c1cc(F)c(CO)c(Cl)c1. The molecule has 0 bridgehead atoms. The van der Waals surface area contributed by atoms with Crippen molar-refractivity contribution in [3.05, 3.63) is 28.5 Å². The summed E-state index contributed by atoms with van der Waals surface area (Å²) in [6.45, 7) is -0.605. The summed E-state index contributed by atoms with van der Waals surface area (Å²) in [5.41, 5.74) is -0.146. The molecule has 0 aliphatic carbocycles. The number of halogens is 2. The molecular formula is C10H12ClFN2O3S. The van der Waals surface area contributed by atoms with Crippen LogP contribution in [0.3, 0.4) is 0 Å². The molecule has 0 saturated heterocycles. The van der Waals surface area contributed by atoms with E-state index in [-0.39, 0.29) is 15.5 Å². The Labute approximate surface area is 110 Å². The summed E-state index contributed by atoms with van der Waals surface area (Å²) >= 11 is 5.68. The van der Waals surface area contributed by atoms with Crippen molar-refractivity contribution < 1.29 is 17.9 Å². The van der Waals surface area contributed by atoms with Gasteiger partial charge in [-0.2, -0.15) is 8.42 Å². The maximum absolute atomic E-state index is 13.5. The smallest absolute Gasteiger partial charge is 0.283 e. The first-order chi connectivity index (χ1) is 8.27. The van der Waals surface area contributed by atoms with Crippen molar-refractivity contribution in [2.75, 3.05) is 14.1 Å². The average Bonchev–Trinajstić information content (AvgIpc) is 2.26. The van der Waals surface area contributed by atoms with Crippen molar-refractivity contribution in [3.63, 3.8) is 0 Å². The quantitative estimate of drug-likeness (QED) is 0.670. The van der Waals surface area contributed by atoms with Crippen molar-refractivity contribution in [1.29, 1.82) is 0 Å². The van der Waals surface area contributed by atoms with Crippen molar-refractivity contribution in [3.8, 4) is 0 Å². The summed E-state index contributed by atoms with van der Waals surface area (Å²) in [5.74, 6) is -0.886. The summed E-state index contributed by atoms with van der Waals surface area (Å²) in [6, 6.07) is 1.83. The lowest BCUT2D eigenvalue weighted by Gasteiger charge is -2.06. The molecule has 8 heteroatoms. The predicted molar refractivity (Wildman–Crippen MR) is 66.7 cm³/mol. The Morgan fingerprint density at radius 2 is 2.11 bits per heavy atom. The van der Waals surface area contributed by atoms with Crippen LogP contribution in [0, 0.1) is 5.82 Å². The molecule has 0 saturated carbocycles. The van der Waals surface area contributed by atoms with Gasteiger partial charge in [0.15, 0.2) is 0 Å². The monoisotopic (exact) mass is 294 g/mol. The van der Waals surface area contributed by atoms with Gasteiger partial charge in [-0.1, -0.05) is 11.6 Å². The fourth-order valence-electron chi connectivity index (χ4n) is 1.10. The van der Waals surface area contributed by atoms with Gasteiger partial charge in [0.1, 0.15) is 12.2 Å². The highest BCUT2D eigenvalue weighted by Crippen LogP contribution is 2.25. The Kier molecular flexibility index (Phi) is 4.66. The molecule has 100 valence electrons. The van der Waals surface area contributed by atoms with E-state index in [1.165, 1.54) is 4.90 Å². The molecule has 0 heterocycles. The van der Waals surface area contributed by atoms with Crippen molar-refractivity contribution >= 4 is 28.0 Å². The van der Waals surface area contributed by atoms with Crippen molar-refractivity contribution in [2.24, 2.45) is 4.40 Å². The largest absolute Gasteiger partial charge is 0.392 e. The van der Waals surface area contributed by atoms with Gasteiger partial charge in [-0.25, -0.2) is 4.39 Å². The van der Waals surface area contributed by atoms with Crippen LogP contribution in [0.4, 0.5) is 4.39 Å². The van der Waals surface area contributed by atoms with Gasteiger partial charge in [-0.15, -0.1) is 4.40 Å². The molecule has 5 nitrogen and oxygen atoms in total. The molecule has 0 aromatic heterocycles. The Bertz CT molecular complexity index is 549. The summed E-state index contributed by atoms with van der Waals surface area (Å²) in [4.78, 5) is 1.07. The maximum atomic E-state index is 13.5. The van der Waals surface area contributed by atoms with Crippen LogP contribution in [0.1, 0.15) is 5.56 Å². The fraction of sp³-hybridized carbons (Fsp3) is 0.300. The Morgan fingerprint density at radius 3 is 2.56 bits per heavy atom. The molecule has 1 rings (SSSR count). The molecule has 0 aliphatic rings. The van der Waals surface area contributed by atoms with Gasteiger partial charge in [-0.05, 0) is 12.1 Å². The molecule has 0 radical (unpaired) electrons. The molecule has 0 unspecified atom stereocenters. The van der Waals surface area contributed by atoms with E-state index in [0.29, 0.717) is 0 Å². The predicted octanol–water partition coefficient (Wildman–Crippen LogP) is 1.25. The number of aliphatic hydroxyl groups excluding tert-OH is 1. The third-order valence-electron chi connectivity index (χ3n) is 1.99. The Balaban J connectivity index is 3.27. The zero-order chi connectivity index (χ0) is 13.9. The number of aliphatic hydroxyl groups is 1. The van der Waals surface area contributed by atoms with E-state index in [9.17, 15) is 12.8 Å². The second kappa shape index (κ2) is 5.64. The van der Waals surface area contributed by atoms with E-state index in [0.717, 1.165) is 18.5 Å². The first-order valence-corrected chi connectivity index (χ1v) is 6.65. The van der Waals surface area contributed by atoms with Gasteiger partial charge in [0.25, 0.3) is 10.0 Å². The van der Waals surface area contributed by atoms with Crippen LogP contribution in [0.2, 0.25) is 5.02 Å². The first kappa shape index (κ1) is 14.9. The van der Waals surface area contributed by atoms with E-state index in [1.807, 2.05) is 0 Å². The maximum Gasteiger partial charge on any atom is 0.283 e. The molecule has 1 aromatic carbocycles. The van der Waals surface area contributed by atoms with Gasteiger partial charge >= 0.3 is 0 Å². The number of hydrogen-bond acceptors (Lipinski definition) is 3. The number of hydrogen-bond donors (Lipinski definition) is 1. The minimum atomic E-state index is -4.00. The zero-order valence-electron chi connectivity index (χ0n) is 9.76. The minimum absolute atomic E-state index is 0.146. The van der Waals surface area contributed by atoms with Gasteiger partial charge in [0.05, 0.1) is 16.5 Å². The second-order valence-electron chi connectivity index (χ2n) is 3.68. The molecule has 0 aliphatic heterocycles. The summed E-state index contributed by atoms with van der Waals surface area (Å²) < 4.78 is 40.3. The molecule has 0 atom stereocenters. The number of nitrogens with zero attached hydrogens (tertiary/aromatic N) is 2. The van der Waals surface area contributed by atoms with Gasteiger partial charge in [-0.3, -0.25) is 0 Å². The summed E-state index contributed by atoms with van der Waals surface area (Å²) in [5, 5.41) is 8.70. The Hall–Kier alpha value is -1.18. The van der Waals surface area contributed by atoms with Crippen LogP contribution < -0.4 is 0 Å². The molecule has 0 amide bonds. The number of benzene rings is 1. The second-order valence-corrected chi connectivity index (χ2v) is 5.72.